The standard InChI is InChI=1S/C18H17ClN2O3/c1-12-2-7-16-15(8-12)21(11-18(23)24-16)10-17(22)20-9-13-3-5-14(19)6-4-13/h2-8H,9-11H2,1H3,(H,20,22). The number of fused-ring (bicyclic) bond motifs is 1. The lowest BCUT2D eigenvalue weighted by molar-refractivity contribution is -0.133. The minimum atomic E-state index is -0.364. The van der Waals surface area contributed by atoms with E-state index in [1.807, 2.05) is 31.2 Å². The van der Waals surface area contributed by atoms with Crippen LogP contribution in [0.4, 0.5) is 5.69 Å². The van der Waals surface area contributed by atoms with Crippen LogP contribution in [0.1, 0.15) is 11.1 Å². The molecule has 0 radical (unpaired) electrons. The Morgan fingerprint density at radius 3 is 2.75 bits per heavy atom. The molecule has 124 valence electrons. The van der Waals surface area contributed by atoms with E-state index in [0.717, 1.165) is 16.8 Å². The van der Waals surface area contributed by atoms with Crippen molar-refractivity contribution >= 4 is 29.2 Å². The van der Waals surface area contributed by atoms with Crippen molar-refractivity contribution < 1.29 is 14.3 Å². The molecule has 0 aliphatic carbocycles. The van der Waals surface area contributed by atoms with Crippen molar-refractivity contribution in [2.45, 2.75) is 13.5 Å². The van der Waals surface area contributed by atoms with Crippen molar-refractivity contribution in [3.8, 4) is 5.75 Å². The van der Waals surface area contributed by atoms with Gasteiger partial charge in [-0.3, -0.25) is 4.79 Å². The first-order chi connectivity index (χ1) is 11.5. The Bertz CT molecular complexity index is 774. The van der Waals surface area contributed by atoms with Crippen LogP contribution in [0.2, 0.25) is 5.02 Å². The number of halogens is 1. The first-order valence-corrected chi connectivity index (χ1v) is 7.96. The Balaban J connectivity index is 1.65. The van der Waals surface area contributed by atoms with Gasteiger partial charge in [-0.25, -0.2) is 4.79 Å². The fourth-order valence-corrected chi connectivity index (χ4v) is 2.66. The number of anilines is 1. The number of carbonyl (C=O) groups excluding carboxylic acids is 2. The van der Waals surface area contributed by atoms with Crippen LogP contribution in [0.5, 0.6) is 5.75 Å². The molecular weight excluding hydrogens is 328 g/mol. The third kappa shape index (κ3) is 3.86. The predicted molar refractivity (Wildman–Crippen MR) is 92.3 cm³/mol. The van der Waals surface area contributed by atoms with E-state index in [1.54, 1.807) is 23.1 Å². The normalized spacial score (nSPS) is 13.2. The highest BCUT2D eigenvalue weighted by molar-refractivity contribution is 6.30. The minimum absolute atomic E-state index is 0.0603. The van der Waals surface area contributed by atoms with Crippen LogP contribution in [0, 0.1) is 6.92 Å². The molecule has 0 unspecified atom stereocenters. The third-order valence-corrected chi connectivity index (χ3v) is 3.99. The molecule has 24 heavy (non-hydrogen) atoms. The molecule has 1 amide bonds. The van der Waals surface area contributed by atoms with Crippen molar-refractivity contribution in [1.82, 2.24) is 5.32 Å². The second kappa shape index (κ2) is 6.93. The minimum Gasteiger partial charge on any atom is -0.423 e. The zero-order valence-corrected chi connectivity index (χ0v) is 14.0. The summed E-state index contributed by atoms with van der Waals surface area (Å²) in [7, 11) is 0. The highest BCUT2D eigenvalue weighted by Gasteiger charge is 2.25. The van der Waals surface area contributed by atoms with Crippen molar-refractivity contribution in [3.63, 3.8) is 0 Å². The molecule has 2 aromatic carbocycles. The van der Waals surface area contributed by atoms with Gasteiger partial charge in [0.1, 0.15) is 6.54 Å². The monoisotopic (exact) mass is 344 g/mol. The fourth-order valence-electron chi connectivity index (χ4n) is 2.53. The van der Waals surface area contributed by atoms with Crippen molar-refractivity contribution in [3.05, 3.63) is 58.6 Å². The van der Waals surface area contributed by atoms with Gasteiger partial charge in [0.2, 0.25) is 5.91 Å². The number of ether oxygens (including phenoxy) is 1. The van der Waals surface area contributed by atoms with Gasteiger partial charge in [0.05, 0.1) is 12.2 Å². The number of amides is 1. The highest BCUT2D eigenvalue weighted by Crippen LogP contribution is 2.32. The molecule has 0 saturated heterocycles. The van der Waals surface area contributed by atoms with E-state index in [9.17, 15) is 9.59 Å². The van der Waals surface area contributed by atoms with Crippen molar-refractivity contribution in [2.75, 3.05) is 18.0 Å². The predicted octanol–water partition coefficient (Wildman–Crippen LogP) is 2.69. The van der Waals surface area contributed by atoms with Gasteiger partial charge in [-0.1, -0.05) is 29.8 Å². The summed E-state index contributed by atoms with van der Waals surface area (Å²) < 4.78 is 5.21. The topological polar surface area (TPSA) is 58.6 Å². The molecule has 0 fully saturated rings. The van der Waals surface area contributed by atoms with Crippen LogP contribution in [0.25, 0.3) is 0 Å². The Labute approximate surface area is 145 Å². The van der Waals surface area contributed by atoms with Gasteiger partial charge in [0.15, 0.2) is 5.75 Å². The first kappa shape index (κ1) is 16.3. The van der Waals surface area contributed by atoms with Crippen molar-refractivity contribution in [1.29, 1.82) is 0 Å². The summed E-state index contributed by atoms with van der Waals surface area (Å²) in [6, 6.07) is 12.8. The maximum absolute atomic E-state index is 12.2. The smallest absolute Gasteiger partial charge is 0.331 e. The number of rotatable bonds is 4. The molecule has 5 nitrogen and oxygen atoms in total. The van der Waals surface area contributed by atoms with Crippen molar-refractivity contribution in [2.24, 2.45) is 0 Å². The maximum Gasteiger partial charge on any atom is 0.331 e. The number of hydrogen-bond donors (Lipinski definition) is 1. The molecule has 0 aromatic heterocycles. The van der Waals surface area contributed by atoms with E-state index >= 15 is 0 Å². The molecule has 1 aliphatic heterocycles. The number of esters is 1. The Kier molecular flexibility index (Phi) is 4.71. The molecule has 0 spiro atoms. The molecule has 1 aliphatic rings. The number of nitrogens with one attached hydrogen (secondary N) is 1. The highest BCUT2D eigenvalue weighted by atomic mass is 35.5. The van der Waals surface area contributed by atoms with Gasteiger partial charge in [0.25, 0.3) is 0 Å². The summed E-state index contributed by atoms with van der Waals surface area (Å²) in [4.78, 5) is 25.7. The maximum atomic E-state index is 12.2. The summed E-state index contributed by atoms with van der Waals surface area (Å²) in [5.41, 5.74) is 2.76. The zero-order valence-electron chi connectivity index (χ0n) is 13.2. The quantitative estimate of drug-likeness (QED) is 0.684. The Morgan fingerprint density at radius 1 is 1.25 bits per heavy atom. The molecule has 6 heteroatoms. The SMILES string of the molecule is Cc1ccc2c(c1)N(CC(=O)NCc1ccc(Cl)cc1)CC(=O)O2. The van der Waals surface area contributed by atoms with Crippen LogP contribution in [0.3, 0.4) is 0 Å². The van der Waals surface area contributed by atoms with Gasteiger partial charge in [-0.05, 0) is 42.3 Å². The number of hydrogen-bond acceptors (Lipinski definition) is 4. The molecule has 0 bridgehead atoms. The van der Waals surface area contributed by atoms with Crippen LogP contribution in [-0.2, 0) is 16.1 Å². The lowest BCUT2D eigenvalue weighted by Crippen LogP contribution is -2.43. The second-order valence-electron chi connectivity index (χ2n) is 5.70. The van der Waals surface area contributed by atoms with Crippen LogP contribution in [0.15, 0.2) is 42.5 Å². The van der Waals surface area contributed by atoms with Crippen LogP contribution >= 0.6 is 11.6 Å². The van der Waals surface area contributed by atoms with Gasteiger partial charge >= 0.3 is 5.97 Å². The van der Waals surface area contributed by atoms with Gasteiger partial charge in [-0.2, -0.15) is 0 Å². The Morgan fingerprint density at radius 2 is 2.00 bits per heavy atom. The molecular formula is C18H17ClN2O3. The van der Waals surface area contributed by atoms with E-state index in [-0.39, 0.29) is 25.0 Å². The van der Waals surface area contributed by atoms with Gasteiger partial charge < -0.3 is 15.0 Å². The van der Waals surface area contributed by atoms with Crippen LogP contribution < -0.4 is 15.0 Å². The summed E-state index contributed by atoms with van der Waals surface area (Å²) in [6.07, 6.45) is 0. The number of benzene rings is 2. The molecule has 0 atom stereocenters. The average molecular weight is 345 g/mol. The molecule has 0 saturated carbocycles. The number of nitrogens with zero attached hydrogens (tertiary/aromatic N) is 1. The van der Waals surface area contributed by atoms with Crippen LogP contribution in [-0.4, -0.2) is 25.0 Å². The fraction of sp³-hybridized carbons (Fsp3) is 0.222. The van der Waals surface area contributed by atoms with Gasteiger partial charge in [-0.15, -0.1) is 0 Å². The third-order valence-electron chi connectivity index (χ3n) is 3.74. The van der Waals surface area contributed by atoms with E-state index in [4.69, 9.17) is 16.3 Å². The summed E-state index contributed by atoms with van der Waals surface area (Å²) in [6.45, 7) is 2.52. The largest absolute Gasteiger partial charge is 0.423 e. The first-order valence-electron chi connectivity index (χ1n) is 7.59. The van der Waals surface area contributed by atoms with E-state index < -0.39 is 0 Å². The summed E-state index contributed by atoms with van der Waals surface area (Å²) >= 11 is 5.84. The van der Waals surface area contributed by atoms with Gasteiger partial charge in [0, 0.05) is 11.6 Å². The lowest BCUT2D eigenvalue weighted by Gasteiger charge is -2.29. The van der Waals surface area contributed by atoms with E-state index in [0.29, 0.717) is 17.3 Å². The molecule has 1 N–H and O–H groups in total. The second-order valence-corrected chi connectivity index (χ2v) is 6.14. The number of carbonyl (C=O) groups is 2. The molecule has 2 aromatic rings. The molecule has 1 heterocycles. The average Bonchev–Trinajstić information content (AvgIpc) is 2.55. The lowest BCUT2D eigenvalue weighted by atomic mass is 10.1. The molecule has 3 rings (SSSR count). The summed E-state index contributed by atoms with van der Waals surface area (Å²) in [5.74, 6) is -0.0358. The van der Waals surface area contributed by atoms with E-state index in [1.165, 1.54) is 0 Å². The Hall–Kier alpha value is -2.53. The summed E-state index contributed by atoms with van der Waals surface area (Å²) in [5, 5.41) is 3.51. The van der Waals surface area contributed by atoms with E-state index in [2.05, 4.69) is 5.32 Å². The number of aryl methyl sites for hydroxylation is 1. The zero-order chi connectivity index (χ0) is 17.1.